The molecule has 0 atom stereocenters. The predicted octanol–water partition coefficient (Wildman–Crippen LogP) is 5.18. The van der Waals surface area contributed by atoms with Crippen molar-refractivity contribution in [3.8, 4) is 5.75 Å². The molecule has 3 N–H and O–H groups in total. The van der Waals surface area contributed by atoms with Crippen LogP contribution in [0.2, 0.25) is 0 Å². The monoisotopic (exact) mass is 483 g/mol. The minimum Gasteiger partial charge on any atom is -0.494 e. The molecule has 35 heavy (non-hydrogen) atoms. The van der Waals surface area contributed by atoms with Gasteiger partial charge >= 0.3 is 0 Å². The number of methoxy groups -OCH3 is 1. The van der Waals surface area contributed by atoms with E-state index in [-0.39, 0.29) is 5.75 Å². The van der Waals surface area contributed by atoms with Gasteiger partial charge < -0.3 is 20.7 Å². The highest BCUT2D eigenvalue weighted by molar-refractivity contribution is 5.57. The van der Waals surface area contributed by atoms with Crippen LogP contribution in [-0.2, 0) is 0 Å². The maximum atomic E-state index is 14.2. The molecule has 1 aromatic carbocycles. The van der Waals surface area contributed by atoms with Crippen LogP contribution >= 0.6 is 0 Å². The van der Waals surface area contributed by atoms with Gasteiger partial charge in [-0.05, 0) is 43.9 Å². The third kappa shape index (κ3) is 6.51. The second-order valence-corrected chi connectivity index (χ2v) is 10.3. The van der Waals surface area contributed by atoms with Crippen LogP contribution in [0.15, 0.2) is 18.2 Å². The Labute approximate surface area is 207 Å². The van der Waals surface area contributed by atoms with E-state index in [2.05, 4.69) is 30.8 Å². The van der Waals surface area contributed by atoms with Crippen molar-refractivity contribution in [3.63, 3.8) is 0 Å². The van der Waals surface area contributed by atoms with Crippen molar-refractivity contribution in [2.45, 2.75) is 76.3 Å². The lowest BCUT2D eigenvalue weighted by molar-refractivity contribution is 0.137. The number of hydrogen-bond acceptors (Lipinski definition) is 8. The third-order valence-electron chi connectivity index (χ3n) is 7.60. The van der Waals surface area contributed by atoms with Gasteiger partial charge in [-0.3, -0.25) is 4.90 Å². The number of likely N-dealkylation sites (tertiary alicyclic amines) is 1. The van der Waals surface area contributed by atoms with Crippen molar-refractivity contribution in [1.29, 1.82) is 0 Å². The molecule has 2 aliphatic carbocycles. The van der Waals surface area contributed by atoms with E-state index in [9.17, 15) is 4.39 Å². The van der Waals surface area contributed by atoms with Crippen LogP contribution in [-0.4, -0.2) is 58.7 Å². The second-order valence-electron chi connectivity index (χ2n) is 10.3. The van der Waals surface area contributed by atoms with Crippen LogP contribution in [0, 0.1) is 11.7 Å². The fourth-order valence-corrected chi connectivity index (χ4v) is 5.21. The number of halogens is 1. The number of aromatic nitrogens is 3. The minimum atomic E-state index is -0.432. The van der Waals surface area contributed by atoms with Crippen LogP contribution < -0.4 is 20.7 Å². The zero-order chi connectivity index (χ0) is 24.0. The number of benzene rings is 1. The van der Waals surface area contributed by atoms with Gasteiger partial charge in [-0.15, -0.1) is 0 Å². The Morgan fingerprint density at radius 1 is 0.886 bits per heavy atom. The smallest absolute Gasteiger partial charge is 0.233 e. The van der Waals surface area contributed by atoms with Crippen LogP contribution in [0.3, 0.4) is 0 Å². The summed E-state index contributed by atoms with van der Waals surface area (Å²) < 4.78 is 19.2. The minimum absolute atomic E-state index is 0.205. The zero-order valence-electron chi connectivity index (χ0n) is 20.7. The second kappa shape index (κ2) is 11.4. The van der Waals surface area contributed by atoms with E-state index in [0.717, 1.165) is 31.8 Å². The van der Waals surface area contributed by atoms with Crippen molar-refractivity contribution >= 4 is 23.5 Å². The summed E-state index contributed by atoms with van der Waals surface area (Å²) in [7, 11) is 1.45. The van der Waals surface area contributed by atoms with E-state index < -0.39 is 5.82 Å². The fourth-order valence-electron chi connectivity index (χ4n) is 5.21. The molecule has 0 bridgehead atoms. The van der Waals surface area contributed by atoms with Gasteiger partial charge in [-0.25, -0.2) is 4.39 Å². The van der Waals surface area contributed by atoms with E-state index >= 15 is 0 Å². The molecule has 1 saturated heterocycles. The summed E-state index contributed by atoms with van der Waals surface area (Å²) in [6.45, 7) is 3.21. The molecular weight excluding hydrogens is 445 g/mol. The topological polar surface area (TPSA) is 87.2 Å². The number of nitrogens with one attached hydrogen (secondary N) is 3. The van der Waals surface area contributed by atoms with Crippen LogP contribution in [0.5, 0.6) is 5.75 Å². The van der Waals surface area contributed by atoms with Gasteiger partial charge in [-0.2, -0.15) is 15.0 Å². The summed E-state index contributed by atoms with van der Waals surface area (Å²) in [6, 6.07) is 5.43. The van der Waals surface area contributed by atoms with Crippen LogP contribution in [0.1, 0.15) is 64.2 Å². The lowest BCUT2D eigenvalue weighted by Gasteiger charge is -2.41. The van der Waals surface area contributed by atoms with Crippen molar-refractivity contribution in [2.75, 3.05) is 42.7 Å². The molecule has 190 valence electrons. The van der Waals surface area contributed by atoms with Gasteiger partial charge in [0.05, 0.1) is 13.2 Å². The average molecular weight is 484 g/mol. The Hall–Kier alpha value is -2.68. The molecule has 2 aromatic rings. The Morgan fingerprint density at radius 3 is 2.20 bits per heavy atom. The summed E-state index contributed by atoms with van der Waals surface area (Å²) in [4.78, 5) is 16.4. The van der Waals surface area contributed by atoms with E-state index in [1.807, 2.05) is 0 Å². The molecule has 3 fully saturated rings. The maximum absolute atomic E-state index is 14.2. The molecule has 0 unspecified atom stereocenters. The van der Waals surface area contributed by atoms with Gasteiger partial charge in [0.2, 0.25) is 17.8 Å². The number of anilines is 4. The Bertz CT molecular complexity index is 972. The Morgan fingerprint density at radius 2 is 1.57 bits per heavy atom. The molecule has 9 heteroatoms. The quantitative estimate of drug-likeness (QED) is 0.398. The number of ether oxygens (including phenoxy) is 1. The van der Waals surface area contributed by atoms with Crippen LogP contribution in [0.4, 0.5) is 27.9 Å². The molecular formula is C26H38FN7O. The molecule has 2 saturated carbocycles. The maximum Gasteiger partial charge on any atom is 0.233 e. The molecule has 8 nitrogen and oxygen atoms in total. The molecule has 0 spiro atoms. The molecule has 1 aliphatic heterocycles. The third-order valence-corrected chi connectivity index (χ3v) is 7.60. The molecule has 1 aromatic heterocycles. The number of rotatable bonds is 10. The highest BCUT2D eigenvalue weighted by Gasteiger charge is 2.29. The summed E-state index contributed by atoms with van der Waals surface area (Å²) in [5.41, 5.74) is 0.562. The molecule has 0 radical (unpaired) electrons. The van der Waals surface area contributed by atoms with Gasteiger partial charge in [-0.1, -0.05) is 44.9 Å². The fraction of sp³-hybridized carbons (Fsp3) is 0.654. The lowest BCUT2D eigenvalue weighted by Crippen LogP contribution is -2.55. The Kier molecular flexibility index (Phi) is 7.81. The molecule has 2 heterocycles. The van der Waals surface area contributed by atoms with Crippen molar-refractivity contribution in [2.24, 2.45) is 5.92 Å². The molecule has 5 rings (SSSR count). The first-order valence-corrected chi connectivity index (χ1v) is 13.3. The highest BCUT2D eigenvalue weighted by Crippen LogP contribution is 2.30. The summed E-state index contributed by atoms with van der Waals surface area (Å²) in [5, 5.41) is 10.2. The zero-order valence-corrected chi connectivity index (χ0v) is 20.7. The number of nitrogens with zero attached hydrogens (tertiary/aromatic N) is 4. The van der Waals surface area contributed by atoms with Gasteiger partial charge in [0, 0.05) is 30.9 Å². The molecule has 3 aliphatic rings. The lowest BCUT2D eigenvalue weighted by atomic mass is 9.83. The van der Waals surface area contributed by atoms with Gasteiger partial charge in [0.15, 0.2) is 11.6 Å². The van der Waals surface area contributed by atoms with E-state index in [1.165, 1.54) is 71.1 Å². The SMILES string of the molecule is COc1ccc(Nc2nc(NC3CCCCCC3)nc(NC3CN(CCC4CCC4)C3)n2)cc1F. The largest absolute Gasteiger partial charge is 0.494 e. The first-order valence-electron chi connectivity index (χ1n) is 13.3. The highest BCUT2D eigenvalue weighted by atomic mass is 19.1. The summed E-state index contributed by atoms with van der Waals surface area (Å²) in [5.74, 6) is 2.22. The predicted molar refractivity (Wildman–Crippen MR) is 137 cm³/mol. The van der Waals surface area contributed by atoms with Crippen molar-refractivity contribution in [1.82, 2.24) is 19.9 Å². The van der Waals surface area contributed by atoms with Crippen molar-refractivity contribution < 1.29 is 9.13 Å². The summed E-state index contributed by atoms with van der Waals surface area (Å²) in [6.07, 6.45) is 12.8. The first kappa shape index (κ1) is 24.0. The van der Waals surface area contributed by atoms with Gasteiger partial charge in [0.25, 0.3) is 0 Å². The van der Waals surface area contributed by atoms with E-state index in [1.54, 1.807) is 12.1 Å². The number of hydrogen-bond donors (Lipinski definition) is 3. The Balaban J connectivity index is 1.25. The van der Waals surface area contributed by atoms with Crippen LogP contribution in [0.25, 0.3) is 0 Å². The summed E-state index contributed by atoms with van der Waals surface area (Å²) >= 11 is 0. The normalized spacial score (nSPS) is 19.9. The first-order chi connectivity index (χ1) is 17.1. The van der Waals surface area contributed by atoms with Gasteiger partial charge in [0.1, 0.15) is 0 Å². The van der Waals surface area contributed by atoms with Crippen molar-refractivity contribution in [3.05, 3.63) is 24.0 Å². The molecule has 0 amide bonds. The van der Waals surface area contributed by atoms with E-state index in [0.29, 0.717) is 35.6 Å². The van der Waals surface area contributed by atoms with E-state index in [4.69, 9.17) is 9.72 Å². The average Bonchev–Trinajstić information content (AvgIpc) is 3.05. The standard InChI is InChI=1S/C26H38FN7O/c1-35-23-12-11-20(15-22(23)27)29-25-31-24(28-19-9-4-2-3-5-10-19)32-26(33-25)30-21-16-34(17-21)14-13-18-7-6-8-18/h11-12,15,18-19,21H,2-10,13-14,16-17H2,1H3,(H3,28,29,30,31,32,33).